The van der Waals surface area contributed by atoms with Crippen LogP contribution in [-0.2, 0) is 10.5 Å². The summed E-state index contributed by atoms with van der Waals surface area (Å²) in [6, 6.07) is 24.1. The van der Waals surface area contributed by atoms with Gasteiger partial charge in [0.2, 0.25) is 0 Å². The van der Waals surface area contributed by atoms with Crippen molar-refractivity contribution in [3.63, 3.8) is 0 Å². The molecule has 3 rings (SSSR count). The van der Waals surface area contributed by atoms with E-state index in [2.05, 4.69) is 22.4 Å². The molecule has 0 aliphatic rings. The number of nitriles is 2. The van der Waals surface area contributed by atoms with Crippen LogP contribution in [0.25, 0.3) is 11.1 Å². The first-order valence-corrected chi connectivity index (χ1v) is 10.1. The predicted octanol–water partition coefficient (Wildman–Crippen LogP) is 4.84. The lowest BCUT2D eigenvalue weighted by Gasteiger charge is -2.16. The van der Waals surface area contributed by atoms with Crippen LogP contribution in [0.2, 0.25) is 0 Å². The highest BCUT2D eigenvalue weighted by atomic mass is 32.2. The van der Waals surface area contributed by atoms with E-state index in [1.165, 1.54) is 11.8 Å². The maximum absolute atomic E-state index is 9.93. The van der Waals surface area contributed by atoms with Gasteiger partial charge in [-0.05, 0) is 11.1 Å². The second-order valence-corrected chi connectivity index (χ2v) is 7.14. The summed E-state index contributed by atoms with van der Waals surface area (Å²) in [6.07, 6.45) is 0. The Morgan fingerprint density at radius 1 is 0.966 bits per heavy atom. The minimum Gasteiger partial charge on any atom is -0.383 e. The zero-order valence-corrected chi connectivity index (χ0v) is 16.9. The van der Waals surface area contributed by atoms with E-state index in [0.717, 1.165) is 11.1 Å². The normalized spacial score (nSPS) is 10.2. The summed E-state index contributed by atoms with van der Waals surface area (Å²) in [5.41, 5.74) is 3.36. The highest BCUT2D eigenvalue weighted by molar-refractivity contribution is 7.98. The number of nitrogens with zero attached hydrogens (tertiary/aromatic N) is 3. The van der Waals surface area contributed by atoms with E-state index in [1.807, 2.05) is 60.7 Å². The third-order valence-electron chi connectivity index (χ3n) is 4.27. The fourth-order valence-electron chi connectivity index (χ4n) is 2.90. The molecule has 1 aromatic heterocycles. The minimum absolute atomic E-state index is 0.368. The van der Waals surface area contributed by atoms with Crippen molar-refractivity contribution in [1.82, 2.24) is 4.98 Å². The smallest absolute Gasteiger partial charge is 0.146 e. The molecule has 0 unspecified atom stereocenters. The largest absolute Gasteiger partial charge is 0.383 e. The number of aromatic nitrogens is 1. The van der Waals surface area contributed by atoms with Gasteiger partial charge in [-0.1, -0.05) is 60.7 Å². The van der Waals surface area contributed by atoms with Gasteiger partial charge in [0.15, 0.2) is 0 Å². The quantitative estimate of drug-likeness (QED) is 0.430. The Balaban J connectivity index is 2.10. The molecule has 0 aliphatic heterocycles. The number of anilines is 1. The summed E-state index contributed by atoms with van der Waals surface area (Å²) >= 11 is 1.49. The molecule has 6 heteroatoms. The van der Waals surface area contributed by atoms with Gasteiger partial charge in [-0.2, -0.15) is 10.5 Å². The van der Waals surface area contributed by atoms with E-state index in [9.17, 15) is 10.5 Å². The Morgan fingerprint density at radius 2 is 1.62 bits per heavy atom. The Kier molecular flexibility index (Phi) is 7.24. The van der Waals surface area contributed by atoms with Gasteiger partial charge in [-0.3, -0.25) is 0 Å². The molecule has 5 nitrogen and oxygen atoms in total. The standard InChI is InChI=1S/C23H20N4OS/c1-28-13-12-26-22-19(14-24)21(18-10-6-3-7-11-18)20(15-25)23(27-22)29-16-17-8-4-2-5-9-17/h2-11H,12-13,16H2,1H3,(H,26,27). The highest BCUT2D eigenvalue weighted by Crippen LogP contribution is 2.37. The lowest BCUT2D eigenvalue weighted by Crippen LogP contribution is -2.12. The minimum atomic E-state index is 0.368. The summed E-state index contributed by atoms with van der Waals surface area (Å²) in [7, 11) is 1.62. The van der Waals surface area contributed by atoms with Crippen LogP contribution in [-0.4, -0.2) is 25.2 Å². The molecule has 0 radical (unpaired) electrons. The van der Waals surface area contributed by atoms with Gasteiger partial charge in [0.25, 0.3) is 0 Å². The number of rotatable bonds is 8. The topological polar surface area (TPSA) is 81.7 Å². The molecule has 0 bridgehead atoms. The lowest BCUT2D eigenvalue weighted by atomic mass is 9.97. The van der Waals surface area contributed by atoms with Crippen molar-refractivity contribution in [2.45, 2.75) is 10.8 Å². The molecule has 0 amide bonds. The Morgan fingerprint density at radius 3 is 2.24 bits per heavy atom. The second-order valence-electron chi connectivity index (χ2n) is 6.17. The van der Waals surface area contributed by atoms with Gasteiger partial charge in [-0.15, -0.1) is 11.8 Å². The summed E-state index contributed by atoms with van der Waals surface area (Å²) in [4.78, 5) is 4.64. The van der Waals surface area contributed by atoms with Gasteiger partial charge in [-0.25, -0.2) is 4.98 Å². The van der Waals surface area contributed by atoms with Gasteiger partial charge in [0.05, 0.1) is 12.2 Å². The summed E-state index contributed by atoms with van der Waals surface area (Å²) < 4.78 is 5.10. The third-order valence-corrected chi connectivity index (χ3v) is 5.31. The van der Waals surface area contributed by atoms with Crippen LogP contribution >= 0.6 is 11.8 Å². The zero-order valence-electron chi connectivity index (χ0n) is 16.1. The van der Waals surface area contributed by atoms with Crippen LogP contribution < -0.4 is 5.32 Å². The molecule has 0 spiro atoms. The number of hydrogen-bond acceptors (Lipinski definition) is 6. The Bertz CT molecular complexity index is 1040. The maximum Gasteiger partial charge on any atom is 0.146 e. The van der Waals surface area contributed by atoms with Gasteiger partial charge >= 0.3 is 0 Å². The molecular formula is C23H20N4OS. The summed E-state index contributed by atoms with van der Waals surface area (Å²) in [5.74, 6) is 1.15. The monoisotopic (exact) mass is 400 g/mol. The number of ether oxygens (including phenoxy) is 1. The van der Waals surface area contributed by atoms with E-state index < -0.39 is 0 Å². The zero-order chi connectivity index (χ0) is 20.5. The van der Waals surface area contributed by atoms with Gasteiger partial charge in [0, 0.05) is 25.0 Å². The van der Waals surface area contributed by atoms with E-state index in [1.54, 1.807) is 7.11 Å². The van der Waals surface area contributed by atoms with E-state index in [0.29, 0.717) is 46.4 Å². The average Bonchev–Trinajstić information content (AvgIpc) is 2.78. The lowest BCUT2D eigenvalue weighted by molar-refractivity contribution is 0.210. The van der Waals surface area contributed by atoms with Crippen molar-refractivity contribution >= 4 is 17.6 Å². The van der Waals surface area contributed by atoms with E-state index >= 15 is 0 Å². The Hall–Kier alpha value is -3.32. The molecular weight excluding hydrogens is 380 g/mol. The number of methoxy groups -OCH3 is 1. The molecule has 144 valence electrons. The number of nitrogens with one attached hydrogen (secondary N) is 1. The van der Waals surface area contributed by atoms with Crippen LogP contribution in [0.3, 0.4) is 0 Å². The van der Waals surface area contributed by atoms with Crippen molar-refractivity contribution in [2.75, 3.05) is 25.6 Å². The fraction of sp³-hybridized carbons (Fsp3) is 0.174. The molecule has 29 heavy (non-hydrogen) atoms. The van der Waals surface area contributed by atoms with Gasteiger partial charge < -0.3 is 10.1 Å². The molecule has 2 aromatic carbocycles. The number of hydrogen-bond donors (Lipinski definition) is 1. The SMILES string of the molecule is COCCNc1nc(SCc2ccccc2)c(C#N)c(-c2ccccc2)c1C#N. The third kappa shape index (κ3) is 4.94. The first-order valence-electron chi connectivity index (χ1n) is 9.11. The van der Waals surface area contributed by atoms with Crippen molar-refractivity contribution in [3.8, 4) is 23.3 Å². The fourth-order valence-corrected chi connectivity index (χ4v) is 3.84. The molecule has 0 aliphatic carbocycles. The van der Waals surface area contributed by atoms with Crippen molar-refractivity contribution in [2.24, 2.45) is 0 Å². The molecule has 3 aromatic rings. The van der Waals surface area contributed by atoms with Crippen LogP contribution in [0.1, 0.15) is 16.7 Å². The number of pyridine rings is 1. The molecule has 0 fully saturated rings. The van der Waals surface area contributed by atoms with Gasteiger partial charge in [0.1, 0.15) is 28.5 Å². The number of thioether (sulfide) groups is 1. The van der Waals surface area contributed by atoms with Crippen molar-refractivity contribution < 1.29 is 4.74 Å². The van der Waals surface area contributed by atoms with Crippen molar-refractivity contribution in [1.29, 1.82) is 10.5 Å². The first-order chi connectivity index (χ1) is 14.3. The van der Waals surface area contributed by atoms with Crippen LogP contribution in [0.4, 0.5) is 5.82 Å². The molecule has 0 saturated heterocycles. The second kappa shape index (κ2) is 10.3. The predicted molar refractivity (Wildman–Crippen MR) is 115 cm³/mol. The maximum atomic E-state index is 9.93. The highest BCUT2D eigenvalue weighted by Gasteiger charge is 2.21. The van der Waals surface area contributed by atoms with E-state index in [4.69, 9.17) is 4.74 Å². The first kappa shape index (κ1) is 20.4. The van der Waals surface area contributed by atoms with Crippen LogP contribution in [0.5, 0.6) is 0 Å². The van der Waals surface area contributed by atoms with Crippen LogP contribution in [0.15, 0.2) is 65.7 Å². The summed E-state index contributed by atoms with van der Waals surface area (Å²) in [6.45, 7) is 1.00. The molecule has 1 heterocycles. The Labute approximate surface area is 175 Å². The number of benzene rings is 2. The average molecular weight is 401 g/mol. The molecule has 0 atom stereocenters. The summed E-state index contributed by atoms with van der Waals surface area (Å²) in [5, 5.41) is 23.6. The van der Waals surface area contributed by atoms with Crippen LogP contribution in [0, 0.1) is 22.7 Å². The van der Waals surface area contributed by atoms with E-state index in [-0.39, 0.29) is 0 Å². The molecule has 1 N–H and O–H groups in total. The van der Waals surface area contributed by atoms with Crippen molar-refractivity contribution in [3.05, 3.63) is 77.4 Å². The molecule has 0 saturated carbocycles.